The van der Waals surface area contributed by atoms with Crippen molar-refractivity contribution in [2.75, 3.05) is 6.61 Å². The first-order valence-electron chi connectivity index (χ1n) is 3.35. The highest BCUT2D eigenvalue weighted by molar-refractivity contribution is 5.84. The van der Waals surface area contributed by atoms with Gasteiger partial charge in [-0.15, -0.1) is 0 Å². The van der Waals surface area contributed by atoms with Crippen LogP contribution in [0.25, 0.3) is 0 Å². The van der Waals surface area contributed by atoms with Crippen molar-refractivity contribution in [2.45, 2.75) is 26.4 Å². The Hall–Kier alpha value is -0.770. The zero-order chi connectivity index (χ0) is 7.98. The second kappa shape index (κ2) is 5.05. The zero-order valence-corrected chi connectivity index (χ0v) is 6.37. The molecule has 0 aliphatic carbocycles. The second-order valence-corrected chi connectivity index (χ2v) is 1.88. The Morgan fingerprint density at radius 1 is 1.70 bits per heavy atom. The van der Waals surface area contributed by atoms with E-state index in [4.69, 9.17) is 15.7 Å². The van der Waals surface area contributed by atoms with Crippen LogP contribution in [0, 0.1) is 0 Å². The van der Waals surface area contributed by atoms with Crippen LogP contribution >= 0.6 is 0 Å². The minimum atomic E-state index is -0.241. The molecule has 0 bridgehead atoms. The average Bonchev–Trinajstić information content (AvgIpc) is 1.99. The van der Waals surface area contributed by atoms with E-state index in [0.717, 1.165) is 6.42 Å². The van der Waals surface area contributed by atoms with E-state index >= 15 is 0 Å². The van der Waals surface area contributed by atoms with Gasteiger partial charge in [0, 0.05) is 6.61 Å². The fourth-order valence-corrected chi connectivity index (χ4v) is 0.678. The summed E-state index contributed by atoms with van der Waals surface area (Å²) < 4.78 is 5.13. The summed E-state index contributed by atoms with van der Waals surface area (Å²) in [5.74, 6) is 0.143. The monoisotopic (exact) mass is 146 g/mol. The predicted octanol–water partition coefficient (Wildman–Crippen LogP) is 0.548. The Kier molecular flexibility index (Phi) is 4.66. The van der Waals surface area contributed by atoms with Crippen LogP contribution in [0.1, 0.15) is 20.3 Å². The maximum Gasteiger partial charge on any atom is 0.168 e. The highest BCUT2D eigenvalue weighted by Gasteiger charge is 2.09. The molecule has 0 rings (SSSR count). The van der Waals surface area contributed by atoms with Crippen LogP contribution < -0.4 is 5.73 Å². The molecule has 0 aromatic heterocycles. The lowest BCUT2D eigenvalue weighted by Gasteiger charge is -2.11. The van der Waals surface area contributed by atoms with E-state index in [-0.39, 0.29) is 11.9 Å². The van der Waals surface area contributed by atoms with Crippen LogP contribution in [0.4, 0.5) is 0 Å². The predicted molar refractivity (Wildman–Crippen MR) is 39.1 cm³/mol. The van der Waals surface area contributed by atoms with Gasteiger partial charge >= 0.3 is 0 Å². The molecule has 10 heavy (non-hydrogen) atoms. The van der Waals surface area contributed by atoms with Gasteiger partial charge in [0.05, 0.1) is 0 Å². The maximum absolute atomic E-state index is 8.25. The number of nitrogens with two attached hydrogens (primary N) is 1. The molecule has 60 valence electrons. The minimum Gasteiger partial charge on any atom is -0.409 e. The van der Waals surface area contributed by atoms with Gasteiger partial charge in [-0.05, 0) is 13.3 Å². The highest BCUT2D eigenvalue weighted by Crippen LogP contribution is 1.96. The van der Waals surface area contributed by atoms with E-state index in [0.29, 0.717) is 6.61 Å². The molecule has 0 saturated carbocycles. The molecule has 3 N–H and O–H groups in total. The fourth-order valence-electron chi connectivity index (χ4n) is 0.678. The molecule has 0 aromatic rings. The van der Waals surface area contributed by atoms with Crippen molar-refractivity contribution in [3.05, 3.63) is 0 Å². The quantitative estimate of drug-likeness (QED) is 0.263. The van der Waals surface area contributed by atoms with Gasteiger partial charge in [-0.2, -0.15) is 0 Å². The highest BCUT2D eigenvalue weighted by atomic mass is 16.5. The molecule has 0 aromatic carbocycles. The first kappa shape index (κ1) is 9.23. The van der Waals surface area contributed by atoms with Crippen molar-refractivity contribution in [1.82, 2.24) is 0 Å². The lowest BCUT2D eigenvalue weighted by Crippen LogP contribution is -2.30. The van der Waals surface area contributed by atoms with Crippen LogP contribution in [-0.2, 0) is 4.74 Å². The molecule has 0 radical (unpaired) electrons. The molecule has 0 saturated heterocycles. The standard InChI is InChI=1S/C6H14N2O2/c1-3-5(10-4-2)6(7)8-9/h5,9H,3-4H2,1-2H3,(H2,7,8). The number of hydrogen-bond acceptors (Lipinski definition) is 3. The first-order valence-corrected chi connectivity index (χ1v) is 3.35. The normalized spacial score (nSPS) is 15.2. The Balaban J connectivity index is 3.80. The molecule has 4 heteroatoms. The van der Waals surface area contributed by atoms with Gasteiger partial charge in [-0.3, -0.25) is 0 Å². The zero-order valence-electron chi connectivity index (χ0n) is 6.37. The van der Waals surface area contributed by atoms with E-state index in [9.17, 15) is 0 Å². The van der Waals surface area contributed by atoms with E-state index in [1.807, 2.05) is 13.8 Å². The summed E-state index contributed by atoms with van der Waals surface area (Å²) >= 11 is 0. The molecule has 1 atom stereocenters. The molecule has 4 nitrogen and oxygen atoms in total. The molecular weight excluding hydrogens is 132 g/mol. The number of hydrogen-bond donors (Lipinski definition) is 2. The third kappa shape index (κ3) is 2.68. The Labute approximate surface area is 60.7 Å². The van der Waals surface area contributed by atoms with Crippen molar-refractivity contribution in [3.63, 3.8) is 0 Å². The summed E-state index contributed by atoms with van der Waals surface area (Å²) in [4.78, 5) is 0. The summed E-state index contributed by atoms with van der Waals surface area (Å²) in [5.41, 5.74) is 5.29. The molecule has 1 unspecified atom stereocenters. The van der Waals surface area contributed by atoms with Crippen molar-refractivity contribution in [3.8, 4) is 0 Å². The van der Waals surface area contributed by atoms with Crippen molar-refractivity contribution >= 4 is 5.84 Å². The lowest BCUT2D eigenvalue weighted by atomic mass is 10.2. The van der Waals surface area contributed by atoms with E-state index in [1.54, 1.807) is 0 Å². The van der Waals surface area contributed by atoms with Crippen LogP contribution in [0.2, 0.25) is 0 Å². The lowest BCUT2D eigenvalue weighted by molar-refractivity contribution is 0.103. The third-order valence-electron chi connectivity index (χ3n) is 1.18. The van der Waals surface area contributed by atoms with Gasteiger partial charge in [0.2, 0.25) is 0 Å². The first-order chi connectivity index (χ1) is 4.76. The summed E-state index contributed by atoms with van der Waals surface area (Å²) in [6.07, 6.45) is 0.485. The molecule has 0 amide bonds. The summed E-state index contributed by atoms with van der Waals surface area (Å²) in [5, 5.41) is 11.1. The van der Waals surface area contributed by atoms with Crippen LogP contribution in [0.5, 0.6) is 0 Å². The topological polar surface area (TPSA) is 67.8 Å². The fraction of sp³-hybridized carbons (Fsp3) is 0.833. The molecular formula is C6H14N2O2. The van der Waals surface area contributed by atoms with E-state index < -0.39 is 0 Å². The molecule has 0 fully saturated rings. The Morgan fingerprint density at radius 2 is 2.30 bits per heavy atom. The number of amidine groups is 1. The minimum absolute atomic E-state index is 0.143. The summed E-state index contributed by atoms with van der Waals surface area (Å²) in [7, 11) is 0. The molecule has 0 aliphatic rings. The van der Waals surface area contributed by atoms with Gasteiger partial charge < -0.3 is 15.7 Å². The third-order valence-corrected chi connectivity index (χ3v) is 1.18. The number of nitrogens with zero attached hydrogens (tertiary/aromatic N) is 1. The molecule has 0 aliphatic heterocycles. The SMILES string of the molecule is CCOC(CC)/C(N)=N/O. The Morgan fingerprint density at radius 3 is 2.60 bits per heavy atom. The van der Waals surface area contributed by atoms with Crippen LogP contribution in [-0.4, -0.2) is 23.8 Å². The van der Waals surface area contributed by atoms with Gasteiger partial charge in [-0.25, -0.2) is 0 Å². The van der Waals surface area contributed by atoms with Crippen molar-refractivity contribution in [1.29, 1.82) is 0 Å². The summed E-state index contributed by atoms with van der Waals surface area (Å²) in [6.45, 7) is 4.36. The number of rotatable bonds is 4. The van der Waals surface area contributed by atoms with E-state index in [1.165, 1.54) is 0 Å². The van der Waals surface area contributed by atoms with Crippen LogP contribution in [0.3, 0.4) is 0 Å². The Bertz CT molecular complexity index is 114. The maximum atomic E-state index is 8.25. The van der Waals surface area contributed by atoms with Crippen molar-refractivity contribution < 1.29 is 9.94 Å². The number of ether oxygens (including phenoxy) is 1. The largest absolute Gasteiger partial charge is 0.409 e. The second-order valence-electron chi connectivity index (χ2n) is 1.88. The van der Waals surface area contributed by atoms with Crippen molar-refractivity contribution in [2.24, 2.45) is 10.9 Å². The molecule has 0 spiro atoms. The van der Waals surface area contributed by atoms with Gasteiger partial charge in [-0.1, -0.05) is 12.1 Å². The van der Waals surface area contributed by atoms with Crippen LogP contribution in [0.15, 0.2) is 5.16 Å². The molecule has 0 heterocycles. The number of oxime groups is 1. The average molecular weight is 146 g/mol. The van der Waals surface area contributed by atoms with Gasteiger partial charge in [0.25, 0.3) is 0 Å². The van der Waals surface area contributed by atoms with Gasteiger partial charge in [0.15, 0.2) is 5.84 Å². The van der Waals surface area contributed by atoms with Gasteiger partial charge in [0.1, 0.15) is 6.10 Å². The summed E-state index contributed by atoms with van der Waals surface area (Å²) in [6, 6.07) is 0. The van der Waals surface area contributed by atoms with E-state index in [2.05, 4.69) is 5.16 Å². The smallest absolute Gasteiger partial charge is 0.168 e.